The number of hydrogen-bond donors (Lipinski definition) is 3. The van der Waals surface area contributed by atoms with Gasteiger partial charge < -0.3 is 15.9 Å². The molecule has 0 aromatic heterocycles. The first kappa shape index (κ1) is 31.7. The van der Waals surface area contributed by atoms with E-state index in [1.54, 1.807) is 19.9 Å². The van der Waals surface area contributed by atoms with Crippen molar-refractivity contribution in [2.24, 2.45) is 28.4 Å². The summed E-state index contributed by atoms with van der Waals surface area (Å²) in [7, 11) is 0. The lowest BCUT2D eigenvalue weighted by Crippen LogP contribution is -2.56. The Balaban J connectivity index is 1.71. The first-order chi connectivity index (χ1) is 18.3. The molecular formula is C34H53NO4. The standard InChI is InChI=1S/C34H53NO4/c1-7-8-9-10-13-30(38)32(4,5)31(39)17-14-23(2)27-18-20-34(35)26(12-11-19-33(27,34)6)16-15-25-21-28(36)24(3)29(37)22-25/h14-17,23,27-29,36-37H,3,7-13,18-22,35H2,1-2,4-6H3/b17-14+,25-15?,26-16+/t23-,27-,28-,29?,33-,34-/m1/s1. The molecule has 4 N–H and O–H groups in total. The first-order valence-corrected chi connectivity index (χ1v) is 15.3. The second-order valence-electron chi connectivity index (χ2n) is 13.4. The van der Waals surface area contributed by atoms with Crippen LogP contribution in [-0.4, -0.2) is 39.5 Å². The Morgan fingerprint density at radius 2 is 1.79 bits per heavy atom. The van der Waals surface area contributed by atoms with Gasteiger partial charge in [0.05, 0.1) is 17.6 Å². The summed E-state index contributed by atoms with van der Waals surface area (Å²) in [5.41, 5.74) is 8.54. The first-order valence-electron chi connectivity index (χ1n) is 15.3. The molecule has 0 aromatic carbocycles. The molecule has 0 heterocycles. The summed E-state index contributed by atoms with van der Waals surface area (Å²) in [6, 6.07) is 0. The summed E-state index contributed by atoms with van der Waals surface area (Å²) in [5.74, 6) is 0.449. The molecular weight excluding hydrogens is 486 g/mol. The highest BCUT2D eigenvalue weighted by Gasteiger charge is 2.58. The van der Waals surface area contributed by atoms with E-state index in [-0.39, 0.29) is 22.9 Å². The number of aliphatic hydroxyl groups excluding tert-OH is 2. The highest BCUT2D eigenvalue weighted by atomic mass is 16.3. The number of carbonyl (C=O) groups excluding carboxylic acids is 2. The Hall–Kier alpha value is -1.82. The summed E-state index contributed by atoms with van der Waals surface area (Å²) in [6.45, 7) is 14.0. The van der Waals surface area contributed by atoms with Crippen LogP contribution in [0.4, 0.5) is 0 Å². The van der Waals surface area contributed by atoms with Gasteiger partial charge in [-0.15, -0.1) is 0 Å². The Kier molecular flexibility index (Phi) is 10.4. The second kappa shape index (κ2) is 12.8. The molecule has 0 radical (unpaired) electrons. The van der Waals surface area contributed by atoms with Crippen LogP contribution in [-0.2, 0) is 9.59 Å². The molecule has 218 valence electrons. The molecule has 1 unspecified atom stereocenters. The largest absolute Gasteiger partial charge is 0.388 e. The summed E-state index contributed by atoms with van der Waals surface area (Å²) in [6.07, 6.45) is 17.1. The zero-order valence-corrected chi connectivity index (χ0v) is 25.1. The van der Waals surface area contributed by atoms with Gasteiger partial charge in [-0.05, 0) is 99.7 Å². The van der Waals surface area contributed by atoms with Crippen LogP contribution in [0.2, 0.25) is 0 Å². The van der Waals surface area contributed by atoms with Crippen molar-refractivity contribution in [2.75, 3.05) is 0 Å². The molecule has 0 amide bonds. The predicted octanol–water partition coefficient (Wildman–Crippen LogP) is 6.54. The van der Waals surface area contributed by atoms with Crippen LogP contribution in [0.5, 0.6) is 0 Å². The average molecular weight is 540 g/mol. The second-order valence-corrected chi connectivity index (χ2v) is 13.4. The van der Waals surface area contributed by atoms with Crippen molar-refractivity contribution in [3.63, 3.8) is 0 Å². The summed E-state index contributed by atoms with van der Waals surface area (Å²) in [5, 5.41) is 20.5. The van der Waals surface area contributed by atoms with Crippen molar-refractivity contribution in [3.05, 3.63) is 47.6 Å². The summed E-state index contributed by atoms with van der Waals surface area (Å²) < 4.78 is 0. The van der Waals surface area contributed by atoms with E-state index in [1.165, 1.54) is 5.57 Å². The van der Waals surface area contributed by atoms with E-state index in [2.05, 4.69) is 39.5 Å². The number of hydrogen-bond acceptors (Lipinski definition) is 5. The van der Waals surface area contributed by atoms with Crippen molar-refractivity contribution < 1.29 is 19.8 Å². The van der Waals surface area contributed by atoms with Gasteiger partial charge >= 0.3 is 0 Å². The Bertz CT molecular complexity index is 1000. The highest BCUT2D eigenvalue weighted by molar-refractivity contribution is 6.10. The van der Waals surface area contributed by atoms with Crippen LogP contribution in [0.25, 0.3) is 0 Å². The number of fused-ring (bicyclic) bond motifs is 1. The van der Waals surface area contributed by atoms with Crippen LogP contribution in [0.15, 0.2) is 47.6 Å². The number of unbranched alkanes of at least 4 members (excludes halogenated alkanes) is 3. The maximum absolute atomic E-state index is 13.1. The average Bonchev–Trinajstić information content (AvgIpc) is 3.17. The minimum atomic E-state index is -0.986. The fourth-order valence-electron chi connectivity index (χ4n) is 7.36. The summed E-state index contributed by atoms with van der Waals surface area (Å²) in [4.78, 5) is 25.9. The third kappa shape index (κ3) is 6.57. The van der Waals surface area contributed by atoms with Crippen molar-refractivity contribution in [1.29, 1.82) is 0 Å². The van der Waals surface area contributed by atoms with Crippen LogP contribution < -0.4 is 5.73 Å². The molecule has 5 nitrogen and oxygen atoms in total. The van der Waals surface area contributed by atoms with Gasteiger partial charge in [0.1, 0.15) is 5.78 Å². The third-order valence-corrected chi connectivity index (χ3v) is 10.4. The van der Waals surface area contributed by atoms with E-state index in [0.717, 1.165) is 63.4 Å². The zero-order chi connectivity index (χ0) is 29.0. The molecule has 0 aromatic rings. The maximum atomic E-state index is 13.1. The monoisotopic (exact) mass is 539 g/mol. The molecule has 0 spiro atoms. The van der Waals surface area contributed by atoms with Gasteiger partial charge in [0, 0.05) is 12.0 Å². The minimum Gasteiger partial charge on any atom is -0.388 e. The van der Waals surface area contributed by atoms with Crippen molar-refractivity contribution in [1.82, 2.24) is 0 Å². The number of allylic oxidation sites excluding steroid dienone is 4. The minimum absolute atomic E-state index is 0.0354. The smallest absolute Gasteiger partial charge is 0.168 e. The quantitative estimate of drug-likeness (QED) is 0.120. The van der Waals surface area contributed by atoms with Gasteiger partial charge in [-0.1, -0.05) is 70.4 Å². The molecule has 3 rings (SSSR count). The van der Waals surface area contributed by atoms with Gasteiger partial charge in [-0.25, -0.2) is 0 Å². The van der Waals surface area contributed by atoms with Crippen LogP contribution in [0.1, 0.15) is 112 Å². The van der Waals surface area contributed by atoms with Gasteiger partial charge in [0.15, 0.2) is 5.78 Å². The third-order valence-electron chi connectivity index (χ3n) is 10.4. The van der Waals surface area contributed by atoms with E-state index in [0.29, 0.717) is 30.8 Å². The van der Waals surface area contributed by atoms with E-state index >= 15 is 0 Å². The molecule has 0 saturated heterocycles. The fraction of sp³-hybridized carbons (Fsp3) is 0.706. The van der Waals surface area contributed by atoms with Crippen LogP contribution >= 0.6 is 0 Å². The van der Waals surface area contributed by atoms with Gasteiger partial charge in [-0.3, -0.25) is 9.59 Å². The van der Waals surface area contributed by atoms with E-state index in [4.69, 9.17) is 5.73 Å². The number of carbonyl (C=O) groups is 2. The number of ketones is 2. The van der Waals surface area contributed by atoms with Gasteiger partial charge in [0.25, 0.3) is 0 Å². The molecule has 0 bridgehead atoms. The molecule has 6 atom stereocenters. The predicted molar refractivity (Wildman–Crippen MR) is 159 cm³/mol. The highest BCUT2D eigenvalue weighted by Crippen LogP contribution is 2.60. The lowest BCUT2D eigenvalue weighted by molar-refractivity contribution is -0.136. The van der Waals surface area contributed by atoms with Gasteiger partial charge in [0.2, 0.25) is 0 Å². The molecule has 5 heteroatoms. The van der Waals surface area contributed by atoms with E-state index in [9.17, 15) is 19.8 Å². The lowest BCUT2D eigenvalue weighted by atomic mass is 9.57. The molecule has 0 aliphatic heterocycles. The Morgan fingerprint density at radius 1 is 1.13 bits per heavy atom. The number of rotatable bonds is 11. The molecule has 3 fully saturated rings. The lowest BCUT2D eigenvalue weighted by Gasteiger charge is -2.50. The molecule has 3 aliphatic rings. The molecule has 39 heavy (non-hydrogen) atoms. The maximum Gasteiger partial charge on any atom is 0.168 e. The van der Waals surface area contributed by atoms with Crippen LogP contribution in [0.3, 0.4) is 0 Å². The SMILES string of the molecule is C=C1C(O)CC(=C/C=C2\CCC[C@]3(C)[C@@H]([C@H](C)/C=C/C(=O)C(C)(C)C(=O)CCCCCC)CC[C@@]23N)C[C@H]1O. The summed E-state index contributed by atoms with van der Waals surface area (Å²) >= 11 is 0. The molecule has 3 aliphatic carbocycles. The topological polar surface area (TPSA) is 101 Å². The number of aliphatic hydroxyl groups is 2. The van der Waals surface area contributed by atoms with Gasteiger partial charge in [-0.2, -0.15) is 0 Å². The van der Waals surface area contributed by atoms with Crippen molar-refractivity contribution in [3.8, 4) is 0 Å². The van der Waals surface area contributed by atoms with Crippen molar-refractivity contribution >= 4 is 11.6 Å². The van der Waals surface area contributed by atoms with Crippen LogP contribution in [0, 0.1) is 22.7 Å². The zero-order valence-electron chi connectivity index (χ0n) is 25.1. The normalized spacial score (nSPS) is 34.6. The Labute approximate surface area is 236 Å². The van der Waals surface area contributed by atoms with Crippen molar-refractivity contribution in [2.45, 2.75) is 129 Å². The Morgan fingerprint density at radius 3 is 2.44 bits per heavy atom. The van der Waals surface area contributed by atoms with E-state index < -0.39 is 23.2 Å². The fourth-order valence-corrected chi connectivity index (χ4v) is 7.36. The van der Waals surface area contributed by atoms with E-state index in [1.807, 2.05) is 6.08 Å². The number of nitrogens with two attached hydrogens (primary N) is 1. The number of Topliss-reactive ketones (excluding diaryl/α,β-unsaturated/α-hetero) is 1. The molecule has 3 saturated carbocycles.